The molecular formula is C12H10InO2. The molecule has 0 amide bonds. The fourth-order valence-corrected chi connectivity index (χ4v) is 1.59. The van der Waals surface area contributed by atoms with Crippen molar-refractivity contribution in [3.63, 3.8) is 0 Å². The maximum Gasteiger partial charge on any atom is 0.336 e. The Morgan fingerprint density at radius 3 is 2.60 bits per heavy atom. The Hall–Kier alpha value is -0.960. The molecule has 0 saturated heterocycles. The maximum absolute atomic E-state index is 10.9. The Balaban J connectivity index is 0.00000112. The van der Waals surface area contributed by atoms with Crippen LogP contribution in [0.25, 0.3) is 10.8 Å². The molecule has 0 atom stereocenters. The van der Waals surface area contributed by atoms with Crippen LogP contribution in [-0.4, -0.2) is 36.9 Å². The molecule has 0 aromatic heterocycles. The summed E-state index contributed by atoms with van der Waals surface area (Å²) in [4.78, 5) is 10.9. The van der Waals surface area contributed by atoms with E-state index in [1.54, 1.807) is 12.1 Å². The molecule has 0 saturated carbocycles. The fraction of sp³-hybridized carbons (Fsp3) is 0.0833. The van der Waals surface area contributed by atoms with Crippen molar-refractivity contribution in [1.82, 2.24) is 0 Å². The smallest absolute Gasteiger partial charge is 0.336 e. The molecule has 3 heteroatoms. The zero-order chi connectivity index (χ0) is 10.1. The van der Waals surface area contributed by atoms with E-state index in [4.69, 9.17) is 5.11 Å². The summed E-state index contributed by atoms with van der Waals surface area (Å²) in [6.45, 7) is 1.99. The molecule has 2 nitrogen and oxygen atoms in total. The van der Waals surface area contributed by atoms with Gasteiger partial charge in [0.2, 0.25) is 0 Å². The molecular weight excluding hydrogens is 291 g/mol. The number of rotatable bonds is 1. The Labute approximate surface area is 107 Å². The SMILES string of the molecule is Cc1ccc2c(C(=O)O)cccc2c1.[In]. The van der Waals surface area contributed by atoms with Crippen molar-refractivity contribution in [3.05, 3.63) is 47.5 Å². The van der Waals surface area contributed by atoms with Crippen molar-refractivity contribution in [2.45, 2.75) is 6.92 Å². The van der Waals surface area contributed by atoms with Crippen molar-refractivity contribution < 1.29 is 9.90 Å². The summed E-state index contributed by atoms with van der Waals surface area (Å²) in [5.41, 5.74) is 1.50. The van der Waals surface area contributed by atoms with Crippen LogP contribution in [0.1, 0.15) is 15.9 Å². The van der Waals surface area contributed by atoms with Gasteiger partial charge in [0.1, 0.15) is 0 Å². The number of aromatic carboxylic acids is 1. The largest absolute Gasteiger partial charge is 0.478 e. The minimum atomic E-state index is -0.876. The van der Waals surface area contributed by atoms with Gasteiger partial charge in [-0.05, 0) is 23.8 Å². The van der Waals surface area contributed by atoms with Gasteiger partial charge in [0.05, 0.1) is 5.56 Å². The predicted molar refractivity (Wildman–Crippen MR) is 61.4 cm³/mol. The summed E-state index contributed by atoms with van der Waals surface area (Å²) in [7, 11) is 0. The molecule has 0 heterocycles. The van der Waals surface area contributed by atoms with E-state index in [1.807, 2.05) is 31.2 Å². The second-order valence-electron chi connectivity index (χ2n) is 3.34. The van der Waals surface area contributed by atoms with Crippen LogP contribution in [0, 0.1) is 6.92 Å². The molecule has 1 N–H and O–H groups in total. The number of carbonyl (C=O) groups is 1. The van der Waals surface area contributed by atoms with Crippen molar-refractivity contribution >= 4 is 42.6 Å². The van der Waals surface area contributed by atoms with Gasteiger partial charge in [-0.2, -0.15) is 0 Å². The van der Waals surface area contributed by atoms with E-state index >= 15 is 0 Å². The molecule has 0 unspecified atom stereocenters. The summed E-state index contributed by atoms with van der Waals surface area (Å²) < 4.78 is 0. The standard InChI is InChI=1S/C12H10O2.In/c1-8-5-6-10-9(7-8)3-2-4-11(10)12(13)14;/h2-7H,1H3,(H,13,14);. The Kier molecular flexibility index (Phi) is 3.80. The van der Waals surface area contributed by atoms with E-state index in [1.165, 1.54) is 0 Å². The molecule has 0 fully saturated rings. The third kappa shape index (κ3) is 2.34. The van der Waals surface area contributed by atoms with Gasteiger partial charge in [-0.1, -0.05) is 35.9 Å². The number of carboxylic acid groups (broad SMARTS) is 1. The van der Waals surface area contributed by atoms with E-state index in [0.717, 1.165) is 16.3 Å². The number of carboxylic acids is 1. The van der Waals surface area contributed by atoms with Gasteiger partial charge in [-0.15, -0.1) is 0 Å². The van der Waals surface area contributed by atoms with E-state index in [0.29, 0.717) is 5.56 Å². The van der Waals surface area contributed by atoms with Crippen LogP contribution in [-0.2, 0) is 0 Å². The molecule has 15 heavy (non-hydrogen) atoms. The first kappa shape index (κ1) is 12.1. The van der Waals surface area contributed by atoms with Crippen molar-refractivity contribution in [2.24, 2.45) is 0 Å². The molecule has 2 aromatic rings. The van der Waals surface area contributed by atoms with Crippen LogP contribution in [0.4, 0.5) is 0 Å². The molecule has 73 valence electrons. The third-order valence-corrected chi connectivity index (χ3v) is 2.27. The summed E-state index contributed by atoms with van der Waals surface area (Å²) in [6.07, 6.45) is 0. The van der Waals surface area contributed by atoms with E-state index in [2.05, 4.69) is 0 Å². The topological polar surface area (TPSA) is 37.3 Å². The van der Waals surface area contributed by atoms with Gasteiger partial charge in [0.15, 0.2) is 0 Å². The molecule has 0 spiro atoms. The van der Waals surface area contributed by atoms with Gasteiger partial charge in [-0.25, -0.2) is 4.79 Å². The summed E-state index contributed by atoms with van der Waals surface area (Å²) in [5.74, 6) is -0.876. The fourth-order valence-electron chi connectivity index (χ4n) is 1.59. The normalized spacial score (nSPS) is 9.67. The first-order valence-electron chi connectivity index (χ1n) is 4.41. The number of fused-ring (bicyclic) bond motifs is 1. The third-order valence-electron chi connectivity index (χ3n) is 2.27. The molecule has 0 bridgehead atoms. The van der Waals surface area contributed by atoms with Crippen LogP contribution in [0.2, 0.25) is 0 Å². The minimum absolute atomic E-state index is 0. The Morgan fingerprint density at radius 2 is 1.93 bits per heavy atom. The first-order chi connectivity index (χ1) is 6.68. The van der Waals surface area contributed by atoms with E-state index in [-0.39, 0.29) is 25.8 Å². The van der Waals surface area contributed by atoms with E-state index in [9.17, 15) is 4.79 Å². The van der Waals surface area contributed by atoms with E-state index < -0.39 is 5.97 Å². The van der Waals surface area contributed by atoms with Gasteiger partial charge >= 0.3 is 5.97 Å². The Morgan fingerprint density at radius 1 is 1.20 bits per heavy atom. The quantitative estimate of drug-likeness (QED) is 0.878. The second-order valence-corrected chi connectivity index (χ2v) is 3.34. The number of hydrogen-bond acceptors (Lipinski definition) is 1. The average Bonchev–Trinajstić information content (AvgIpc) is 2.16. The number of benzene rings is 2. The van der Waals surface area contributed by atoms with Crippen LogP contribution in [0.5, 0.6) is 0 Å². The van der Waals surface area contributed by atoms with Crippen molar-refractivity contribution in [1.29, 1.82) is 0 Å². The van der Waals surface area contributed by atoms with Crippen LogP contribution >= 0.6 is 0 Å². The summed E-state index contributed by atoms with van der Waals surface area (Å²) in [6, 6.07) is 11.1. The summed E-state index contributed by atoms with van der Waals surface area (Å²) >= 11 is 0. The first-order valence-corrected chi connectivity index (χ1v) is 4.41. The van der Waals surface area contributed by atoms with Crippen LogP contribution < -0.4 is 0 Å². The maximum atomic E-state index is 10.9. The van der Waals surface area contributed by atoms with Crippen molar-refractivity contribution in [3.8, 4) is 0 Å². The monoisotopic (exact) mass is 301 g/mol. The van der Waals surface area contributed by atoms with Crippen LogP contribution in [0.3, 0.4) is 0 Å². The predicted octanol–water partition coefficient (Wildman–Crippen LogP) is 2.47. The zero-order valence-electron chi connectivity index (χ0n) is 8.40. The van der Waals surface area contributed by atoms with Gasteiger partial charge in [0, 0.05) is 25.8 Å². The molecule has 2 rings (SSSR count). The van der Waals surface area contributed by atoms with Gasteiger partial charge < -0.3 is 5.11 Å². The molecule has 2 aromatic carbocycles. The number of aryl methyl sites for hydroxylation is 1. The molecule has 0 aliphatic carbocycles. The van der Waals surface area contributed by atoms with Crippen LogP contribution in [0.15, 0.2) is 36.4 Å². The Bertz CT molecular complexity index is 506. The second kappa shape index (κ2) is 4.71. The molecule has 3 radical (unpaired) electrons. The minimum Gasteiger partial charge on any atom is -0.478 e. The van der Waals surface area contributed by atoms with Gasteiger partial charge in [0.25, 0.3) is 0 Å². The summed E-state index contributed by atoms with van der Waals surface area (Å²) in [5, 5.41) is 10.7. The van der Waals surface area contributed by atoms with Crippen molar-refractivity contribution in [2.75, 3.05) is 0 Å². The zero-order valence-corrected chi connectivity index (χ0v) is 11.7. The average molecular weight is 301 g/mol. The number of hydrogen-bond donors (Lipinski definition) is 1. The molecule has 0 aliphatic heterocycles. The molecule has 0 aliphatic rings. The van der Waals surface area contributed by atoms with Gasteiger partial charge in [-0.3, -0.25) is 0 Å².